The first kappa shape index (κ1) is 14.8. The van der Waals surface area contributed by atoms with Gasteiger partial charge in [0, 0.05) is 11.0 Å². The summed E-state index contributed by atoms with van der Waals surface area (Å²) >= 11 is 1.97. The van der Waals surface area contributed by atoms with E-state index in [-0.39, 0.29) is 11.9 Å². The van der Waals surface area contributed by atoms with Crippen LogP contribution in [0.2, 0.25) is 0 Å². The molecule has 19 heavy (non-hydrogen) atoms. The zero-order valence-electron chi connectivity index (χ0n) is 11.5. The molecule has 0 radical (unpaired) electrons. The fraction of sp³-hybridized carbons (Fsp3) is 0.600. The Kier molecular flexibility index (Phi) is 5.67. The summed E-state index contributed by atoms with van der Waals surface area (Å²) in [7, 11) is 0. The average molecular weight is 282 g/mol. The number of halogens is 1. The Morgan fingerprint density at radius 3 is 2.74 bits per heavy atom. The van der Waals surface area contributed by atoms with Crippen LogP contribution >= 0.6 is 11.8 Å². The Morgan fingerprint density at radius 1 is 1.37 bits per heavy atom. The summed E-state index contributed by atoms with van der Waals surface area (Å²) in [4.78, 5) is 0. The molecule has 1 saturated carbocycles. The molecule has 1 aromatic carbocycles. The van der Waals surface area contributed by atoms with Gasteiger partial charge in [-0.1, -0.05) is 31.4 Å². The maximum Gasteiger partial charge on any atom is 0.126 e. The largest absolute Gasteiger partial charge is 0.271 e. The molecule has 1 fully saturated rings. The topological polar surface area (TPSA) is 38.0 Å². The number of nitrogens with two attached hydrogens (primary N) is 1. The number of hydrazine groups is 1. The van der Waals surface area contributed by atoms with Crippen molar-refractivity contribution in [3.8, 4) is 0 Å². The zero-order valence-corrected chi connectivity index (χ0v) is 12.3. The van der Waals surface area contributed by atoms with Gasteiger partial charge in [-0.3, -0.25) is 11.3 Å². The Balaban J connectivity index is 1.93. The summed E-state index contributed by atoms with van der Waals surface area (Å²) in [5.41, 5.74) is 4.44. The van der Waals surface area contributed by atoms with Crippen molar-refractivity contribution >= 4 is 11.8 Å². The fourth-order valence-electron chi connectivity index (χ4n) is 2.53. The minimum absolute atomic E-state index is 0.0297. The van der Waals surface area contributed by atoms with Crippen molar-refractivity contribution in [3.05, 3.63) is 35.1 Å². The molecule has 2 rings (SSSR count). The number of benzene rings is 1. The molecule has 1 atom stereocenters. The lowest BCUT2D eigenvalue weighted by molar-refractivity contribution is 0.514. The van der Waals surface area contributed by atoms with E-state index in [0.717, 1.165) is 16.6 Å². The third-order valence-electron chi connectivity index (χ3n) is 3.85. The summed E-state index contributed by atoms with van der Waals surface area (Å²) in [5, 5.41) is 0.750. The van der Waals surface area contributed by atoms with Gasteiger partial charge in [0.1, 0.15) is 5.82 Å². The van der Waals surface area contributed by atoms with Crippen LogP contribution in [0.1, 0.15) is 49.3 Å². The highest BCUT2D eigenvalue weighted by Crippen LogP contribution is 2.31. The van der Waals surface area contributed by atoms with Gasteiger partial charge >= 0.3 is 0 Å². The Hall–Kier alpha value is -0.580. The summed E-state index contributed by atoms with van der Waals surface area (Å²) in [5.74, 6) is 6.38. The van der Waals surface area contributed by atoms with Gasteiger partial charge in [0.15, 0.2) is 0 Å². The lowest BCUT2D eigenvalue weighted by Gasteiger charge is -2.24. The molecule has 1 unspecified atom stereocenters. The lowest BCUT2D eigenvalue weighted by atomic mass is 10.0. The van der Waals surface area contributed by atoms with Crippen molar-refractivity contribution in [2.45, 2.75) is 50.3 Å². The van der Waals surface area contributed by atoms with E-state index in [9.17, 15) is 4.39 Å². The molecule has 0 aliphatic heterocycles. The first-order chi connectivity index (χ1) is 9.20. The Labute approximate surface area is 119 Å². The number of aryl methyl sites for hydroxylation is 1. The molecule has 0 spiro atoms. The average Bonchev–Trinajstić information content (AvgIpc) is 2.44. The molecule has 1 aliphatic carbocycles. The number of hydrogen-bond acceptors (Lipinski definition) is 3. The molecule has 1 aliphatic rings. The van der Waals surface area contributed by atoms with Crippen LogP contribution in [0.3, 0.4) is 0 Å². The second-order valence-corrected chi connectivity index (χ2v) is 6.65. The fourth-order valence-corrected chi connectivity index (χ4v) is 3.95. The van der Waals surface area contributed by atoms with Gasteiger partial charge in [-0.2, -0.15) is 11.8 Å². The van der Waals surface area contributed by atoms with Crippen molar-refractivity contribution in [2.75, 3.05) is 5.75 Å². The van der Waals surface area contributed by atoms with E-state index in [1.165, 1.54) is 32.1 Å². The van der Waals surface area contributed by atoms with Gasteiger partial charge in [0.05, 0.1) is 6.04 Å². The van der Waals surface area contributed by atoms with Gasteiger partial charge in [-0.05, 0) is 37.0 Å². The summed E-state index contributed by atoms with van der Waals surface area (Å²) in [6, 6.07) is 5.41. The molecular weight excluding hydrogens is 259 g/mol. The third-order valence-corrected chi connectivity index (χ3v) is 5.32. The van der Waals surface area contributed by atoms with E-state index >= 15 is 0 Å². The number of nitrogens with one attached hydrogen (secondary N) is 1. The summed E-state index contributed by atoms with van der Waals surface area (Å²) < 4.78 is 13.6. The number of rotatable bonds is 5. The zero-order chi connectivity index (χ0) is 13.7. The molecule has 0 bridgehead atoms. The maximum atomic E-state index is 13.6. The van der Waals surface area contributed by atoms with Crippen LogP contribution in [0.15, 0.2) is 18.2 Å². The van der Waals surface area contributed by atoms with E-state index < -0.39 is 0 Å². The SMILES string of the molecule is Cc1ccc(C(CSC2CCCCC2)NN)cc1F. The molecule has 2 nitrogen and oxygen atoms in total. The molecule has 1 aromatic rings. The molecule has 3 N–H and O–H groups in total. The quantitative estimate of drug-likeness (QED) is 0.639. The van der Waals surface area contributed by atoms with Gasteiger partial charge < -0.3 is 0 Å². The van der Waals surface area contributed by atoms with Gasteiger partial charge in [0.2, 0.25) is 0 Å². The van der Waals surface area contributed by atoms with Crippen molar-refractivity contribution in [3.63, 3.8) is 0 Å². The standard InChI is InChI=1S/C15H23FN2S/c1-11-7-8-12(9-14(11)16)15(18-17)10-19-13-5-3-2-4-6-13/h7-9,13,15,18H,2-6,10,17H2,1H3. The van der Waals surface area contributed by atoms with Crippen LogP contribution in [0.25, 0.3) is 0 Å². The normalized spacial score (nSPS) is 18.5. The number of hydrogen-bond donors (Lipinski definition) is 2. The van der Waals surface area contributed by atoms with E-state index in [0.29, 0.717) is 5.56 Å². The third kappa shape index (κ3) is 4.20. The van der Waals surface area contributed by atoms with Gasteiger partial charge in [0.25, 0.3) is 0 Å². The van der Waals surface area contributed by atoms with E-state index in [1.54, 1.807) is 13.0 Å². The molecular formula is C15H23FN2S. The van der Waals surface area contributed by atoms with Gasteiger partial charge in [-0.15, -0.1) is 0 Å². The van der Waals surface area contributed by atoms with Crippen molar-refractivity contribution in [2.24, 2.45) is 5.84 Å². The molecule has 0 saturated heterocycles. The predicted octanol–water partition coefficient (Wildman–Crippen LogP) is 3.70. The molecule has 0 heterocycles. The van der Waals surface area contributed by atoms with Crippen LogP contribution in [0.5, 0.6) is 0 Å². The Morgan fingerprint density at radius 2 is 2.11 bits per heavy atom. The molecule has 4 heteroatoms. The predicted molar refractivity (Wildman–Crippen MR) is 80.5 cm³/mol. The highest BCUT2D eigenvalue weighted by atomic mass is 32.2. The minimum atomic E-state index is -0.152. The Bertz CT molecular complexity index is 405. The van der Waals surface area contributed by atoms with E-state index in [2.05, 4.69) is 5.43 Å². The highest BCUT2D eigenvalue weighted by Gasteiger charge is 2.17. The van der Waals surface area contributed by atoms with Crippen LogP contribution in [0, 0.1) is 12.7 Å². The monoisotopic (exact) mass is 282 g/mol. The van der Waals surface area contributed by atoms with Crippen LogP contribution in [0.4, 0.5) is 4.39 Å². The van der Waals surface area contributed by atoms with Crippen LogP contribution in [-0.2, 0) is 0 Å². The van der Waals surface area contributed by atoms with Crippen molar-refractivity contribution < 1.29 is 4.39 Å². The minimum Gasteiger partial charge on any atom is -0.271 e. The van der Waals surface area contributed by atoms with Crippen LogP contribution < -0.4 is 11.3 Å². The van der Waals surface area contributed by atoms with Crippen LogP contribution in [-0.4, -0.2) is 11.0 Å². The van der Waals surface area contributed by atoms with Crippen molar-refractivity contribution in [1.29, 1.82) is 0 Å². The van der Waals surface area contributed by atoms with Gasteiger partial charge in [-0.25, -0.2) is 4.39 Å². The lowest BCUT2D eigenvalue weighted by Crippen LogP contribution is -2.30. The first-order valence-corrected chi connectivity index (χ1v) is 8.09. The highest BCUT2D eigenvalue weighted by molar-refractivity contribution is 7.99. The smallest absolute Gasteiger partial charge is 0.126 e. The molecule has 0 aromatic heterocycles. The van der Waals surface area contributed by atoms with E-state index in [4.69, 9.17) is 5.84 Å². The summed E-state index contributed by atoms with van der Waals surface area (Å²) in [6.45, 7) is 1.78. The number of thioether (sulfide) groups is 1. The van der Waals surface area contributed by atoms with Crippen molar-refractivity contribution in [1.82, 2.24) is 5.43 Å². The molecule has 0 amide bonds. The van der Waals surface area contributed by atoms with E-state index in [1.807, 2.05) is 23.9 Å². The first-order valence-electron chi connectivity index (χ1n) is 7.04. The maximum absolute atomic E-state index is 13.6. The molecule has 106 valence electrons. The second-order valence-electron chi connectivity index (χ2n) is 5.32. The second kappa shape index (κ2) is 7.27. The summed E-state index contributed by atoms with van der Waals surface area (Å²) in [6.07, 6.45) is 6.68.